The lowest BCUT2D eigenvalue weighted by Crippen LogP contribution is -2.37. The van der Waals surface area contributed by atoms with Crippen molar-refractivity contribution in [3.8, 4) is 6.07 Å². The highest BCUT2D eigenvalue weighted by Gasteiger charge is 2.26. The van der Waals surface area contributed by atoms with Crippen molar-refractivity contribution in [1.82, 2.24) is 0 Å². The Morgan fingerprint density at radius 2 is 2.16 bits per heavy atom. The molecule has 0 N–H and O–H groups in total. The van der Waals surface area contributed by atoms with Crippen LogP contribution < -0.4 is 4.90 Å². The van der Waals surface area contributed by atoms with Crippen LogP contribution in [0.4, 0.5) is 10.1 Å². The van der Waals surface area contributed by atoms with Crippen molar-refractivity contribution in [2.75, 3.05) is 11.4 Å². The summed E-state index contributed by atoms with van der Waals surface area (Å²) >= 11 is 0. The first-order chi connectivity index (χ1) is 8.93. The molecule has 0 atom stereocenters. The van der Waals surface area contributed by atoms with Crippen LogP contribution in [-0.4, -0.2) is 12.5 Å². The number of hydrogen-bond donors (Lipinski definition) is 0. The molecule has 1 aromatic carbocycles. The van der Waals surface area contributed by atoms with Crippen molar-refractivity contribution >= 4 is 11.6 Å². The molecule has 0 aromatic heterocycles. The molecule has 0 spiro atoms. The van der Waals surface area contributed by atoms with Crippen molar-refractivity contribution in [2.24, 2.45) is 5.41 Å². The van der Waals surface area contributed by atoms with Crippen LogP contribution in [0.5, 0.6) is 0 Å². The van der Waals surface area contributed by atoms with Crippen molar-refractivity contribution < 1.29 is 9.18 Å². The molecule has 100 valence electrons. The number of halogens is 1. The zero-order valence-corrected chi connectivity index (χ0v) is 11.2. The van der Waals surface area contributed by atoms with Gasteiger partial charge in [-0.25, -0.2) is 4.39 Å². The van der Waals surface area contributed by atoms with E-state index in [1.165, 1.54) is 12.1 Å². The Balaban J connectivity index is 2.22. The van der Waals surface area contributed by atoms with Gasteiger partial charge in [-0.1, -0.05) is 0 Å². The summed E-state index contributed by atoms with van der Waals surface area (Å²) in [5.41, 5.74) is 1.19. The lowest BCUT2D eigenvalue weighted by atomic mass is 9.90. The molecule has 0 saturated carbocycles. The summed E-state index contributed by atoms with van der Waals surface area (Å²) in [6, 6.07) is 6.75. The van der Waals surface area contributed by atoms with E-state index in [0.717, 1.165) is 11.3 Å². The highest BCUT2D eigenvalue weighted by Crippen LogP contribution is 2.30. The van der Waals surface area contributed by atoms with E-state index < -0.39 is 5.41 Å². The topological polar surface area (TPSA) is 44.1 Å². The number of hydrogen-bond acceptors (Lipinski definition) is 2. The maximum atomic E-state index is 13.2. The fourth-order valence-corrected chi connectivity index (χ4v) is 2.22. The smallest absolute Gasteiger partial charge is 0.227 e. The Morgan fingerprint density at radius 3 is 2.84 bits per heavy atom. The molecule has 1 amide bonds. The molecule has 0 aliphatic carbocycles. The molecule has 3 nitrogen and oxygen atoms in total. The largest absolute Gasteiger partial charge is 0.312 e. The number of carbonyl (C=O) groups excluding carboxylic acids is 1. The first kappa shape index (κ1) is 13.5. The number of aryl methyl sites for hydroxylation is 1. The number of anilines is 1. The molecular formula is C15H17FN2O. The summed E-state index contributed by atoms with van der Waals surface area (Å²) in [7, 11) is 0. The Labute approximate surface area is 112 Å². The highest BCUT2D eigenvalue weighted by atomic mass is 19.1. The van der Waals surface area contributed by atoms with Crippen LogP contribution in [0.2, 0.25) is 0 Å². The quantitative estimate of drug-likeness (QED) is 0.838. The third kappa shape index (κ3) is 2.93. The predicted molar refractivity (Wildman–Crippen MR) is 71.1 cm³/mol. The SMILES string of the molecule is CC(C)(C#N)CCN1C(=O)CCc2cc(F)ccc21. The van der Waals surface area contributed by atoms with E-state index >= 15 is 0 Å². The number of rotatable bonds is 3. The Bertz CT molecular complexity index is 546. The van der Waals surface area contributed by atoms with Gasteiger partial charge in [0.2, 0.25) is 5.91 Å². The van der Waals surface area contributed by atoms with Crippen LogP contribution in [0, 0.1) is 22.6 Å². The molecule has 2 rings (SSSR count). The van der Waals surface area contributed by atoms with Gasteiger partial charge in [-0.15, -0.1) is 0 Å². The number of nitrogens with zero attached hydrogens (tertiary/aromatic N) is 2. The molecule has 1 aromatic rings. The van der Waals surface area contributed by atoms with Gasteiger partial charge in [-0.3, -0.25) is 4.79 Å². The molecule has 0 saturated heterocycles. The zero-order chi connectivity index (χ0) is 14.0. The van der Waals surface area contributed by atoms with Crippen molar-refractivity contribution in [1.29, 1.82) is 5.26 Å². The number of fused-ring (bicyclic) bond motifs is 1. The maximum absolute atomic E-state index is 13.2. The molecule has 0 unspecified atom stereocenters. The summed E-state index contributed by atoms with van der Waals surface area (Å²) in [6.45, 7) is 4.21. The minimum atomic E-state index is -0.460. The standard InChI is InChI=1S/C15H17FN2O/c1-15(2,10-17)7-8-18-13-5-4-12(16)9-11(13)3-6-14(18)19/h4-5,9H,3,6-8H2,1-2H3. The molecule has 19 heavy (non-hydrogen) atoms. The lowest BCUT2D eigenvalue weighted by Gasteiger charge is -2.31. The van der Waals surface area contributed by atoms with Crippen LogP contribution >= 0.6 is 0 Å². The molecule has 1 heterocycles. The Hall–Kier alpha value is -1.89. The minimum absolute atomic E-state index is 0.0489. The maximum Gasteiger partial charge on any atom is 0.227 e. The average molecular weight is 260 g/mol. The second-order valence-electron chi connectivity index (χ2n) is 5.56. The summed E-state index contributed by atoms with van der Waals surface area (Å²) in [5.74, 6) is -0.224. The minimum Gasteiger partial charge on any atom is -0.312 e. The van der Waals surface area contributed by atoms with Gasteiger partial charge >= 0.3 is 0 Å². The summed E-state index contributed by atoms with van der Waals surface area (Å²) in [5, 5.41) is 9.02. The van der Waals surface area contributed by atoms with Gasteiger partial charge in [-0.05, 0) is 50.5 Å². The van der Waals surface area contributed by atoms with Crippen LogP contribution in [0.1, 0.15) is 32.3 Å². The zero-order valence-electron chi connectivity index (χ0n) is 11.2. The van der Waals surface area contributed by atoms with Gasteiger partial charge in [0.25, 0.3) is 0 Å². The molecule has 1 aliphatic rings. The van der Waals surface area contributed by atoms with Gasteiger partial charge in [-0.2, -0.15) is 5.26 Å². The van der Waals surface area contributed by atoms with Crippen LogP contribution in [0.3, 0.4) is 0 Å². The third-order valence-corrected chi connectivity index (χ3v) is 3.50. The lowest BCUT2D eigenvalue weighted by molar-refractivity contribution is -0.118. The number of benzene rings is 1. The molecule has 4 heteroatoms. The van der Waals surface area contributed by atoms with E-state index in [1.54, 1.807) is 11.0 Å². The van der Waals surface area contributed by atoms with E-state index in [-0.39, 0.29) is 11.7 Å². The first-order valence-electron chi connectivity index (χ1n) is 6.43. The predicted octanol–water partition coefficient (Wildman–Crippen LogP) is 3.04. The second kappa shape index (κ2) is 5.00. The number of carbonyl (C=O) groups is 1. The molecule has 1 aliphatic heterocycles. The van der Waals surface area contributed by atoms with Gasteiger partial charge in [0.15, 0.2) is 0 Å². The monoisotopic (exact) mass is 260 g/mol. The summed E-state index contributed by atoms with van der Waals surface area (Å²) in [4.78, 5) is 13.7. The summed E-state index contributed by atoms with van der Waals surface area (Å²) in [6.07, 6.45) is 1.60. The molecule has 0 fully saturated rings. The van der Waals surface area contributed by atoms with Gasteiger partial charge in [0.05, 0.1) is 11.5 Å². The van der Waals surface area contributed by atoms with Crippen LogP contribution in [-0.2, 0) is 11.2 Å². The van der Waals surface area contributed by atoms with Gasteiger partial charge in [0, 0.05) is 18.7 Å². The third-order valence-electron chi connectivity index (χ3n) is 3.50. The van der Waals surface area contributed by atoms with E-state index in [1.807, 2.05) is 13.8 Å². The van der Waals surface area contributed by atoms with Gasteiger partial charge < -0.3 is 4.90 Å². The van der Waals surface area contributed by atoms with Crippen LogP contribution in [0.15, 0.2) is 18.2 Å². The van der Waals surface area contributed by atoms with Crippen molar-refractivity contribution in [3.63, 3.8) is 0 Å². The van der Waals surface area contributed by atoms with Gasteiger partial charge in [0.1, 0.15) is 5.82 Å². The first-order valence-corrected chi connectivity index (χ1v) is 6.43. The Morgan fingerprint density at radius 1 is 1.42 bits per heavy atom. The molecule has 0 radical (unpaired) electrons. The molecular weight excluding hydrogens is 243 g/mol. The fourth-order valence-electron chi connectivity index (χ4n) is 2.22. The van der Waals surface area contributed by atoms with Crippen LogP contribution in [0.25, 0.3) is 0 Å². The normalized spacial score (nSPS) is 15.1. The fraction of sp³-hybridized carbons (Fsp3) is 0.467. The van der Waals surface area contributed by atoms with E-state index in [2.05, 4.69) is 6.07 Å². The van der Waals surface area contributed by atoms with E-state index in [4.69, 9.17) is 5.26 Å². The average Bonchev–Trinajstić information content (AvgIpc) is 2.38. The van der Waals surface area contributed by atoms with E-state index in [9.17, 15) is 9.18 Å². The Kier molecular flexibility index (Phi) is 3.57. The van der Waals surface area contributed by atoms with Crippen molar-refractivity contribution in [2.45, 2.75) is 33.1 Å². The number of amides is 1. The molecule has 0 bridgehead atoms. The highest BCUT2D eigenvalue weighted by molar-refractivity contribution is 5.96. The van der Waals surface area contributed by atoms with Crippen molar-refractivity contribution in [3.05, 3.63) is 29.6 Å². The van der Waals surface area contributed by atoms with E-state index in [0.29, 0.717) is 25.8 Å². The summed E-state index contributed by atoms with van der Waals surface area (Å²) < 4.78 is 13.2. The second-order valence-corrected chi connectivity index (χ2v) is 5.56. The number of nitriles is 1.